The molecular weight excluding hydrogens is 338 g/mol. The Kier molecular flexibility index (Phi) is 3.66. The molecule has 0 unspecified atom stereocenters. The number of rotatable bonds is 2. The van der Waals surface area contributed by atoms with Crippen molar-refractivity contribution in [1.82, 2.24) is 0 Å². The van der Waals surface area contributed by atoms with E-state index in [0.717, 1.165) is 22.1 Å². The number of carbonyl (C=O) groups excluding carboxylic acids is 1. The van der Waals surface area contributed by atoms with Gasteiger partial charge in [0.15, 0.2) is 0 Å². The molecule has 0 saturated heterocycles. The predicted molar refractivity (Wildman–Crippen MR) is 98.5 cm³/mol. The van der Waals surface area contributed by atoms with Crippen molar-refractivity contribution in [3.63, 3.8) is 0 Å². The second-order valence-corrected chi connectivity index (χ2v) is 6.46. The molecule has 1 N–H and O–H groups in total. The molecule has 0 saturated carbocycles. The normalized spacial score (nSPS) is 10.9. The molecule has 2 aromatic carbocycles. The minimum absolute atomic E-state index is 0.159. The fourth-order valence-electron chi connectivity index (χ4n) is 2.58. The van der Waals surface area contributed by atoms with Crippen LogP contribution < -0.4 is 15.7 Å². The van der Waals surface area contributed by atoms with E-state index in [9.17, 15) is 14.4 Å². The van der Waals surface area contributed by atoms with Gasteiger partial charge in [0.05, 0.1) is 4.88 Å². The van der Waals surface area contributed by atoms with Crippen LogP contribution in [0.25, 0.3) is 21.7 Å². The van der Waals surface area contributed by atoms with Crippen molar-refractivity contribution in [2.75, 3.05) is 5.32 Å². The highest BCUT2D eigenvalue weighted by molar-refractivity contribution is 7.12. The first kappa shape index (κ1) is 15.3. The van der Waals surface area contributed by atoms with Crippen molar-refractivity contribution in [3.05, 3.63) is 85.5 Å². The van der Waals surface area contributed by atoms with Gasteiger partial charge >= 0.3 is 5.63 Å². The van der Waals surface area contributed by atoms with Crippen molar-refractivity contribution in [1.29, 1.82) is 0 Å². The Bertz CT molecular complexity index is 1240. The maximum atomic E-state index is 12.5. The van der Waals surface area contributed by atoms with Crippen molar-refractivity contribution < 1.29 is 9.21 Å². The molecule has 0 radical (unpaired) electrons. The molecule has 2 aromatic heterocycles. The van der Waals surface area contributed by atoms with Gasteiger partial charge in [-0.25, -0.2) is 4.79 Å². The number of hydrogen-bond acceptors (Lipinski definition) is 5. The summed E-state index contributed by atoms with van der Waals surface area (Å²) in [6.45, 7) is 0. The molecule has 122 valence electrons. The number of amides is 1. The second kappa shape index (κ2) is 5.99. The Morgan fingerprint density at radius 3 is 2.60 bits per heavy atom. The minimum atomic E-state index is -0.455. The van der Waals surface area contributed by atoms with E-state index in [1.807, 2.05) is 6.07 Å². The summed E-state index contributed by atoms with van der Waals surface area (Å²) in [6.07, 6.45) is 0. The van der Waals surface area contributed by atoms with E-state index < -0.39 is 5.63 Å². The highest BCUT2D eigenvalue weighted by atomic mass is 32.1. The molecule has 4 aromatic rings. The van der Waals surface area contributed by atoms with Gasteiger partial charge in [-0.05, 0) is 35.7 Å². The first-order chi connectivity index (χ1) is 12.1. The lowest BCUT2D eigenvalue weighted by Crippen LogP contribution is -2.12. The largest absolute Gasteiger partial charge is 0.423 e. The summed E-state index contributed by atoms with van der Waals surface area (Å²) < 4.78 is 4.95. The van der Waals surface area contributed by atoms with E-state index in [0.29, 0.717) is 21.5 Å². The molecule has 4 rings (SSSR count). The maximum Gasteiger partial charge on any atom is 0.336 e. The lowest BCUT2D eigenvalue weighted by atomic mass is 10.2. The summed E-state index contributed by atoms with van der Waals surface area (Å²) in [5.41, 5.74) is 0.417. The van der Waals surface area contributed by atoms with Crippen LogP contribution in [0.15, 0.2) is 74.7 Å². The molecule has 0 aliphatic rings. The average molecular weight is 349 g/mol. The zero-order valence-corrected chi connectivity index (χ0v) is 13.6. The van der Waals surface area contributed by atoms with E-state index in [1.165, 1.54) is 6.07 Å². The van der Waals surface area contributed by atoms with Crippen LogP contribution in [0.5, 0.6) is 0 Å². The number of fused-ring (bicyclic) bond motifs is 2. The Balaban J connectivity index is 1.70. The lowest BCUT2D eigenvalue weighted by Gasteiger charge is -2.06. The number of hydrogen-bond donors (Lipinski definition) is 1. The van der Waals surface area contributed by atoms with Gasteiger partial charge in [-0.1, -0.05) is 29.5 Å². The molecule has 0 fully saturated rings. The van der Waals surface area contributed by atoms with Crippen LogP contribution >= 0.6 is 11.3 Å². The van der Waals surface area contributed by atoms with Gasteiger partial charge in [0.25, 0.3) is 5.91 Å². The number of benzene rings is 2. The quantitative estimate of drug-likeness (QED) is 0.561. The third-order valence-corrected chi connectivity index (χ3v) is 4.70. The Hall–Kier alpha value is -3.25. The van der Waals surface area contributed by atoms with E-state index in [2.05, 4.69) is 5.32 Å². The standard InChI is InChI=1S/C19H11NO4S/c21-17-8-6-11-5-7-13(10-15(11)24-17)20-18(22)16-9-12-3-1-2-4-14(12)19(23)25-16/h1-10H,(H,20,22). The SMILES string of the molecule is O=C(Nc1ccc2ccc(=O)oc2c1)c1cc2ccccc2c(=O)s1. The van der Waals surface area contributed by atoms with Crippen LogP contribution in [0.2, 0.25) is 0 Å². The lowest BCUT2D eigenvalue weighted by molar-refractivity contribution is 0.103. The molecule has 25 heavy (non-hydrogen) atoms. The monoisotopic (exact) mass is 349 g/mol. The van der Waals surface area contributed by atoms with E-state index >= 15 is 0 Å². The molecular formula is C19H11NO4S. The van der Waals surface area contributed by atoms with E-state index in [4.69, 9.17) is 4.42 Å². The van der Waals surface area contributed by atoms with Crippen LogP contribution in [0.1, 0.15) is 9.67 Å². The summed E-state index contributed by atoms with van der Waals surface area (Å²) in [5, 5.41) is 4.81. The van der Waals surface area contributed by atoms with Crippen molar-refractivity contribution in [2.24, 2.45) is 0 Å². The number of carbonyl (C=O) groups is 1. The summed E-state index contributed by atoms with van der Waals surface area (Å²) >= 11 is 0.899. The topological polar surface area (TPSA) is 76.4 Å². The van der Waals surface area contributed by atoms with Crippen molar-refractivity contribution >= 4 is 44.7 Å². The highest BCUT2D eigenvalue weighted by Gasteiger charge is 2.11. The van der Waals surface area contributed by atoms with Gasteiger partial charge in [0.2, 0.25) is 4.74 Å². The van der Waals surface area contributed by atoms with Gasteiger partial charge < -0.3 is 9.73 Å². The Morgan fingerprint density at radius 2 is 1.72 bits per heavy atom. The molecule has 1 amide bonds. The van der Waals surface area contributed by atoms with Gasteiger partial charge in [-0.2, -0.15) is 0 Å². The maximum absolute atomic E-state index is 12.5. The fourth-order valence-corrected chi connectivity index (χ4v) is 3.40. The number of anilines is 1. The van der Waals surface area contributed by atoms with Gasteiger partial charge in [-0.3, -0.25) is 9.59 Å². The first-order valence-electron chi connectivity index (χ1n) is 7.48. The molecule has 0 aliphatic heterocycles. The first-order valence-corrected chi connectivity index (χ1v) is 8.30. The third kappa shape index (κ3) is 2.95. The van der Waals surface area contributed by atoms with Crippen LogP contribution in [0, 0.1) is 0 Å². The molecule has 0 aliphatic carbocycles. The Morgan fingerprint density at radius 1 is 0.920 bits per heavy atom. The van der Waals surface area contributed by atoms with Crippen LogP contribution in [0.4, 0.5) is 5.69 Å². The minimum Gasteiger partial charge on any atom is -0.423 e. The molecule has 6 heteroatoms. The van der Waals surface area contributed by atoms with E-state index in [1.54, 1.807) is 48.5 Å². The smallest absolute Gasteiger partial charge is 0.336 e. The highest BCUT2D eigenvalue weighted by Crippen LogP contribution is 2.20. The van der Waals surface area contributed by atoms with E-state index in [-0.39, 0.29) is 10.6 Å². The number of nitrogens with one attached hydrogen (secondary N) is 1. The summed E-state index contributed by atoms with van der Waals surface area (Å²) in [7, 11) is 0. The summed E-state index contributed by atoms with van der Waals surface area (Å²) in [4.78, 5) is 36.3. The summed E-state index contributed by atoms with van der Waals surface area (Å²) in [5.74, 6) is -0.384. The molecule has 5 nitrogen and oxygen atoms in total. The van der Waals surface area contributed by atoms with Crippen LogP contribution in [-0.4, -0.2) is 5.91 Å². The van der Waals surface area contributed by atoms with Crippen molar-refractivity contribution in [2.45, 2.75) is 0 Å². The zero-order valence-electron chi connectivity index (χ0n) is 12.8. The van der Waals surface area contributed by atoms with Crippen LogP contribution in [-0.2, 0) is 0 Å². The van der Waals surface area contributed by atoms with Gasteiger partial charge in [0, 0.05) is 28.6 Å². The second-order valence-electron chi connectivity index (χ2n) is 5.45. The zero-order chi connectivity index (χ0) is 17.4. The Labute approximate surface area is 145 Å². The van der Waals surface area contributed by atoms with Crippen LogP contribution in [0.3, 0.4) is 0 Å². The molecule has 2 heterocycles. The van der Waals surface area contributed by atoms with Gasteiger partial charge in [0.1, 0.15) is 5.58 Å². The third-order valence-electron chi connectivity index (χ3n) is 3.77. The average Bonchev–Trinajstić information content (AvgIpc) is 2.61. The predicted octanol–water partition coefficient (Wildman–Crippen LogP) is 3.62. The fraction of sp³-hybridized carbons (Fsp3) is 0. The molecule has 0 bridgehead atoms. The van der Waals surface area contributed by atoms with Gasteiger partial charge in [-0.15, -0.1) is 0 Å². The molecule has 0 spiro atoms. The van der Waals surface area contributed by atoms with Crippen molar-refractivity contribution in [3.8, 4) is 0 Å². The summed E-state index contributed by atoms with van der Waals surface area (Å²) in [6, 6.07) is 16.9. The molecule has 0 atom stereocenters.